The summed E-state index contributed by atoms with van der Waals surface area (Å²) >= 11 is 5.74. The van der Waals surface area contributed by atoms with E-state index in [0.29, 0.717) is 19.3 Å². The van der Waals surface area contributed by atoms with E-state index in [1.807, 2.05) is 11.9 Å². The second-order valence-electron chi connectivity index (χ2n) is 6.70. The first kappa shape index (κ1) is 18.2. The van der Waals surface area contributed by atoms with Gasteiger partial charge in [-0.3, -0.25) is 9.69 Å². The van der Waals surface area contributed by atoms with Gasteiger partial charge in [-0.15, -0.1) is 0 Å². The lowest BCUT2D eigenvalue weighted by Crippen LogP contribution is -2.36. The highest BCUT2D eigenvalue weighted by Gasteiger charge is 2.22. The zero-order valence-electron chi connectivity index (χ0n) is 14.9. The van der Waals surface area contributed by atoms with Crippen LogP contribution in [0, 0.1) is 18.6 Å². The van der Waals surface area contributed by atoms with Crippen LogP contribution in [-0.4, -0.2) is 40.1 Å². The smallest absolute Gasteiger partial charge is 0.234 e. The van der Waals surface area contributed by atoms with Crippen molar-refractivity contribution in [3.63, 3.8) is 0 Å². The Morgan fingerprint density at radius 3 is 2.57 bits per heavy atom. The van der Waals surface area contributed by atoms with Crippen molar-refractivity contribution in [3.8, 4) is 0 Å². The molecule has 6 heteroatoms. The first-order valence-corrected chi connectivity index (χ1v) is 9.10. The van der Waals surface area contributed by atoms with Gasteiger partial charge in [0.2, 0.25) is 5.91 Å². The molecule has 130 valence electrons. The van der Waals surface area contributed by atoms with Gasteiger partial charge in [-0.2, -0.15) is 0 Å². The number of imidazole rings is 1. The molecule has 0 bridgehead atoms. The van der Waals surface area contributed by atoms with Gasteiger partial charge in [0.1, 0.15) is 0 Å². The van der Waals surface area contributed by atoms with Crippen LogP contribution in [0.5, 0.6) is 0 Å². The Balaban J connectivity index is 2.09. The third-order valence-corrected chi connectivity index (χ3v) is 5.20. The zero-order valence-corrected chi connectivity index (χ0v) is 15.7. The first-order chi connectivity index (χ1) is 11.0. The van der Waals surface area contributed by atoms with Gasteiger partial charge in [0.05, 0.1) is 13.2 Å². The highest BCUT2D eigenvalue weighted by molar-refractivity contribution is 7.71. The van der Waals surface area contributed by atoms with Crippen LogP contribution in [0.15, 0.2) is 0 Å². The quantitative estimate of drug-likeness (QED) is 0.777. The summed E-state index contributed by atoms with van der Waals surface area (Å²) in [5.74, 6) is 0.0745. The molecule has 1 amide bonds. The molecule has 1 aromatic heterocycles. The number of carbonyl (C=O) groups is 1. The molecule has 2 rings (SSSR count). The van der Waals surface area contributed by atoms with E-state index in [-0.39, 0.29) is 5.91 Å². The second kappa shape index (κ2) is 8.11. The fourth-order valence-corrected chi connectivity index (χ4v) is 3.88. The molecule has 0 spiro atoms. The third-order valence-electron chi connectivity index (χ3n) is 4.79. The Morgan fingerprint density at radius 2 is 1.96 bits per heavy atom. The Morgan fingerprint density at radius 1 is 1.30 bits per heavy atom. The van der Waals surface area contributed by atoms with E-state index in [1.165, 1.54) is 37.1 Å². The normalized spacial score (nSPS) is 15.5. The highest BCUT2D eigenvalue weighted by atomic mass is 32.1. The number of nitrogens with one attached hydrogen (secondary N) is 1. The van der Waals surface area contributed by atoms with Crippen LogP contribution < -0.4 is 5.32 Å². The van der Waals surface area contributed by atoms with Crippen LogP contribution in [-0.2, 0) is 11.5 Å². The van der Waals surface area contributed by atoms with E-state index in [0.717, 1.165) is 17.7 Å². The molecule has 0 atom stereocenters. The first-order valence-electron chi connectivity index (χ1n) is 8.69. The monoisotopic (exact) mass is 338 g/mol. The minimum Gasteiger partial charge on any atom is -0.355 e. The SMILES string of the molecule is CCCNC(=O)CN(C)Cn1c(C)c(C)n(C2CCCC2)c1=S. The van der Waals surface area contributed by atoms with Gasteiger partial charge in [-0.25, -0.2) is 0 Å². The number of hydrogen-bond acceptors (Lipinski definition) is 3. The molecule has 0 aliphatic heterocycles. The number of aromatic nitrogens is 2. The van der Waals surface area contributed by atoms with Crippen LogP contribution in [0.25, 0.3) is 0 Å². The van der Waals surface area contributed by atoms with E-state index in [9.17, 15) is 4.79 Å². The predicted octanol–water partition coefficient (Wildman–Crippen LogP) is 3.17. The summed E-state index contributed by atoms with van der Waals surface area (Å²) < 4.78 is 5.39. The van der Waals surface area contributed by atoms with Gasteiger partial charge < -0.3 is 14.5 Å². The number of carbonyl (C=O) groups excluding carboxylic acids is 1. The highest BCUT2D eigenvalue weighted by Crippen LogP contribution is 2.32. The lowest BCUT2D eigenvalue weighted by molar-refractivity contribution is -0.122. The van der Waals surface area contributed by atoms with E-state index in [4.69, 9.17) is 12.2 Å². The molecule has 1 aliphatic rings. The number of hydrogen-bond donors (Lipinski definition) is 1. The van der Waals surface area contributed by atoms with E-state index >= 15 is 0 Å². The van der Waals surface area contributed by atoms with E-state index in [2.05, 4.69) is 35.2 Å². The summed E-state index contributed by atoms with van der Waals surface area (Å²) in [5.41, 5.74) is 2.48. The molecular weight excluding hydrogens is 308 g/mol. The lowest BCUT2D eigenvalue weighted by atomic mass is 10.2. The number of amides is 1. The Hall–Kier alpha value is -1.14. The average molecular weight is 339 g/mol. The molecule has 1 saturated carbocycles. The molecule has 0 saturated heterocycles. The van der Waals surface area contributed by atoms with Crippen molar-refractivity contribution in [2.75, 3.05) is 20.1 Å². The van der Waals surface area contributed by atoms with Gasteiger partial charge in [-0.1, -0.05) is 19.8 Å². The van der Waals surface area contributed by atoms with Crippen LogP contribution in [0.4, 0.5) is 0 Å². The molecule has 1 N–H and O–H groups in total. The summed E-state index contributed by atoms with van der Waals surface area (Å²) in [6.07, 6.45) is 6.02. The fourth-order valence-electron chi connectivity index (χ4n) is 3.40. The maximum atomic E-state index is 11.9. The van der Waals surface area contributed by atoms with Crippen LogP contribution in [0.1, 0.15) is 56.5 Å². The number of rotatable bonds is 7. The number of nitrogens with zero attached hydrogens (tertiary/aromatic N) is 3. The summed E-state index contributed by atoms with van der Waals surface area (Å²) in [6.45, 7) is 8.14. The lowest BCUT2D eigenvalue weighted by Gasteiger charge is -2.18. The van der Waals surface area contributed by atoms with Crippen LogP contribution >= 0.6 is 12.2 Å². The molecule has 1 aromatic rings. The van der Waals surface area contributed by atoms with Crippen molar-refractivity contribution in [1.82, 2.24) is 19.4 Å². The van der Waals surface area contributed by atoms with Crippen molar-refractivity contribution >= 4 is 18.1 Å². The van der Waals surface area contributed by atoms with Crippen molar-refractivity contribution < 1.29 is 4.79 Å². The maximum Gasteiger partial charge on any atom is 0.234 e. The van der Waals surface area contributed by atoms with Gasteiger partial charge >= 0.3 is 0 Å². The van der Waals surface area contributed by atoms with E-state index < -0.39 is 0 Å². The standard InChI is InChI=1S/C17H30N4OS/c1-5-10-18-16(22)11-19(4)12-20-13(2)14(3)21(17(20)23)15-8-6-7-9-15/h15H,5-12H2,1-4H3,(H,18,22). The second-order valence-corrected chi connectivity index (χ2v) is 7.06. The van der Waals surface area contributed by atoms with E-state index in [1.54, 1.807) is 0 Å². The molecule has 5 nitrogen and oxygen atoms in total. The van der Waals surface area contributed by atoms with Gasteiger partial charge in [0, 0.05) is 24.0 Å². The number of likely N-dealkylation sites (N-methyl/N-ethyl adjacent to an activating group) is 1. The summed E-state index contributed by atoms with van der Waals surface area (Å²) in [6, 6.07) is 0.556. The molecule has 1 fully saturated rings. The summed E-state index contributed by atoms with van der Waals surface area (Å²) in [7, 11) is 1.97. The van der Waals surface area contributed by atoms with Gasteiger partial charge in [0.25, 0.3) is 0 Å². The summed E-state index contributed by atoms with van der Waals surface area (Å²) in [5, 5.41) is 2.92. The molecule has 0 radical (unpaired) electrons. The molecule has 23 heavy (non-hydrogen) atoms. The van der Waals surface area contributed by atoms with Crippen LogP contribution in [0.2, 0.25) is 0 Å². The molecular formula is C17H30N4OS. The third kappa shape index (κ3) is 4.23. The summed E-state index contributed by atoms with van der Waals surface area (Å²) in [4.78, 5) is 13.9. The van der Waals surface area contributed by atoms with Crippen molar-refractivity contribution in [1.29, 1.82) is 0 Å². The zero-order chi connectivity index (χ0) is 17.0. The molecule has 1 heterocycles. The Kier molecular flexibility index (Phi) is 6.41. The van der Waals surface area contributed by atoms with Crippen molar-refractivity contribution in [2.24, 2.45) is 0 Å². The average Bonchev–Trinajstić information content (AvgIpc) is 3.09. The Labute approximate surface area is 144 Å². The molecule has 1 aliphatic carbocycles. The van der Waals surface area contributed by atoms with Gasteiger partial charge in [-0.05, 0) is 52.4 Å². The molecule has 0 aromatic carbocycles. The van der Waals surface area contributed by atoms with Gasteiger partial charge in [0.15, 0.2) is 4.77 Å². The predicted molar refractivity (Wildman–Crippen MR) is 96.2 cm³/mol. The largest absolute Gasteiger partial charge is 0.355 e. The molecule has 0 unspecified atom stereocenters. The fraction of sp³-hybridized carbons (Fsp3) is 0.765. The minimum absolute atomic E-state index is 0.0745. The minimum atomic E-state index is 0.0745. The maximum absolute atomic E-state index is 11.9. The van der Waals surface area contributed by atoms with Crippen LogP contribution in [0.3, 0.4) is 0 Å². The topological polar surface area (TPSA) is 42.2 Å². The Bertz CT molecular complexity index is 598. The van der Waals surface area contributed by atoms with Crippen molar-refractivity contribution in [2.45, 2.75) is 65.6 Å². The van der Waals surface area contributed by atoms with Crippen molar-refractivity contribution in [3.05, 3.63) is 16.2 Å².